The number of rotatable bonds is 3. The van der Waals surface area contributed by atoms with Crippen molar-refractivity contribution in [2.75, 3.05) is 0 Å². The Morgan fingerprint density at radius 3 is 2.72 bits per heavy atom. The van der Waals surface area contributed by atoms with E-state index in [-0.39, 0.29) is 0 Å². The van der Waals surface area contributed by atoms with Crippen LogP contribution in [0.15, 0.2) is 46.9 Å². The van der Waals surface area contributed by atoms with Crippen LogP contribution >= 0.6 is 15.9 Å². The molecule has 0 amide bonds. The summed E-state index contributed by atoms with van der Waals surface area (Å²) in [7, 11) is 0. The van der Waals surface area contributed by atoms with Gasteiger partial charge in [0.1, 0.15) is 11.5 Å². The van der Waals surface area contributed by atoms with Gasteiger partial charge < -0.3 is 10.5 Å². The molecular weight excluding hydrogens is 292 g/mol. The Labute approximate surface area is 114 Å². The van der Waals surface area contributed by atoms with Crippen molar-refractivity contribution in [2.24, 2.45) is 5.73 Å². The van der Waals surface area contributed by atoms with Crippen molar-refractivity contribution in [2.45, 2.75) is 6.54 Å². The Morgan fingerprint density at radius 2 is 2.06 bits per heavy atom. The summed E-state index contributed by atoms with van der Waals surface area (Å²) in [6.45, 7) is 0.478. The highest BCUT2D eigenvalue weighted by molar-refractivity contribution is 9.10. The Morgan fingerprint density at radius 1 is 1.22 bits per heavy atom. The van der Waals surface area contributed by atoms with E-state index in [4.69, 9.17) is 15.7 Å². The Kier molecular flexibility index (Phi) is 3.98. The predicted molar refractivity (Wildman–Crippen MR) is 73.3 cm³/mol. The van der Waals surface area contributed by atoms with Gasteiger partial charge in [-0.15, -0.1) is 0 Å². The Balaban J connectivity index is 2.26. The van der Waals surface area contributed by atoms with Crippen molar-refractivity contribution in [1.82, 2.24) is 0 Å². The maximum Gasteiger partial charge on any atom is 0.141 e. The predicted octanol–water partition coefficient (Wildman–Crippen LogP) is 3.57. The highest BCUT2D eigenvalue weighted by atomic mass is 79.9. The van der Waals surface area contributed by atoms with E-state index in [1.165, 1.54) is 0 Å². The van der Waals surface area contributed by atoms with Crippen molar-refractivity contribution in [3.05, 3.63) is 58.1 Å². The molecule has 0 atom stereocenters. The molecule has 0 aliphatic heterocycles. The van der Waals surface area contributed by atoms with Crippen molar-refractivity contribution in [3.8, 4) is 17.6 Å². The number of nitriles is 1. The van der Waals surface area contributed by atoms with Gasteiger partial charge in [-0.3, -0.25) is 0 Å². The average molecular weight is 303 g/mol. The number of ether oxygens (including phenoxy) is 1. The molecule has 0 fully saturated rings. The van der Waals surface area contributed by atoms with Gasteiger partial charge in [0.2, 0.25) is 0 Å². The van der Waals surface area contributed by atoms with Crippen LogP contribution in [0.2, 0.25) is 0 Å². The second kappa shape index (κ2) is 5.67. The standard InChI is InChI=1S/C14H11BrN2O/c15-13-7-11(9-17)4-5-14(13)18-12-3-1-2-10(6-12)8-16/h1-7H,8,16H2. The van der Waals surface area contributed by atoms with Crippen LogP contribution in [0.1, 0.15) is 11.1 Å². The molecule has 2 aromatic rings. The van der Waals surface area contributed by atoms with Crippen LogP contribution < -0.4 is 10.5 Å². The van der Waals surface area contributed by atoms with E-state index in [0.717, 1.165) is 15.8 Å². The van der Waals surface area contributed by atoms with Gasteiger partial charge in [-0.1, -0.05) is 12.1 Å². The molecular formula is C14H11BrN2O. The summed E-state index contributed by atoms with van der Waals surface area (Å²) in [4.78, 5) is 0. The molecule has 18 heavy (non-hydrogen) atoms. The first-order valence-corrected chi connectivity index (χ1v) is 6.19. The molecule has 0 bridgehead atoms. The number of halogens is 1. The van der Waals surface area contributed by atoms with Gasteiger partial charge in [-0.05, 0) is 51.8 Å². The van der Waals surface area contributed by atoms with E-state index in [9.17, 15) is 0 Å². The molecule has 4 heteroatoms. The SMILES string of the molecule is N#Cc1ccc(Oc2cccc(CN)c2)c(Br)c1. The number of nitrogens with two attached hydrogens (primary N) is 1. The van der Waals surface area contributed by atoms with E-state index in [1.807, 2.05) is 24.3 Å². The molecule has 2 N–H and O–H groups in total. The minimum Gasteiger partial charge on any atom is -0.456 e. The first kappa shape index (κ1) is 12.6. The van der Waals surface area contributed by atoms with Gasteiger partial charge >= 0.3 is 0 Å². The van der Waals surface area contributed by atoms with E-state index in [1.54, 1.807) is 18.2 Å². The van der Waals surface area contributed by atoms with Gasteiger partial charge in [0.15, 0.2) is 0 Å². The number of hydrogen-bond donors (Lipinski definition) is 1. The topological polar surface area (TPSA) is 59.0 Å². The van der Waals surface area contributed by atoms with Gasteiger partial charge in [-0.25, -0.2) is 0 Å². The molecule has 0 heterocycles. The Hall–Kier alpha value is -1.83. The van der Waals surface area contributed by atoms with Crippen LogP contribution in [0, 0.1) is 11.3 Å². The van der Waals surface area contributed by atoms with Gasteiger partial charge in [0.25, 0.3) is 0 Å². The molecule has 3 nitrogen and oxygen atoms in total. The van der Waals surface area contributed by atoms with Crippen molar-refractivity contribution >= 4 is 15.9 Å². The highest BCUT2D eigenvalue weighted by Gasteiger charge is 2.04. The fourth-order valence-corrected chi connectivity index (χ4v) is 1.98. The maximum absolute atomic E-state index is 8.79. The number of hydrogen-bond acceptors (Lipinski definition) is 3. The molecule has 0 aliphatic carbocycles. The summed E-state index contributed by atoms with van der Waals surface area (Å²) in [5.74, 6) is 1.39. The fraction of sp³-hybridized carbons (Fsp3) is 0.0714. The van der Waals surface area contributed by atoms with Crippen molar-refractivity contribution in [3.63, 3.8) is 0 Å². The maximum atomic E-state index is 8.79. The van der Waals surface area contributed by atoms with Gasteiger partial charge in [-0.2, -0.15) is 5.26 Å². The third-order valence-corrected chi connectivity index (χ3v) is 3.04. The molecule has 0 saturated heterocycles. The summed E-state index contributed by atoms with van der Waals surface area (Å²) in [5.41, 5.74) is 7.18. The largest absolute Gasteiger partial charge is 0.456 e. The van der Waals surface area contributed by atoms with Crippen LogP contribution in [-0.2, 0) is 6.54 Å². The van der Waals surface area contributed by atoms with Crippen LogP contribution in [-0.4, -0.2) is 0 Å². The Bertz CT molecular complexity index is 605. The highest BCUT2D eigenvalue weighted by Crippen LogP contribution is 2.30. The monoisotopic (exact) mass is 302 g/mol. The van der Waals surface area contributed by atoms with Crippen molar-refractivity contribution in [1.29, 1.82) is 5.26 Å². The molecule has 0 spiro atoms. The molecule has 0 aromatic heterocycles. The van der Waals surface area contributed by atoms with E-state index < -0.39 is 0 Å². The van der Waals surface area contributed by atoms with E-state index >= 15 is 0 Å². The minimum atomic E-state index is 0.478. The van der Waals surface area contributed by atoms with Crippen molar-refractivity contribution < 1.29 is 4.74 Å². The number of benzene rings is 2. The van der Waals surface area contributed by atoms with Crippen LogP contribution in [0.4, 0.5) is 0 Å². The lowest BCUT2D eigenvalue weighted by Gasteiger charge is -2.08. The average Bonchev–Trinajstić information content (AvgIpc) is 2.41. The molecule has 0 unspecified atom stereocenters. The molecule has 0 radical (unpaired) electrons. The lowest BCUT2D eigenvalue weighted by atomic mass is 10.2. The number of nitrogens with zero attached hydrogens (tertiary/aromatic N) is 1. The van der Waals surface area contributed by atoms with Gasteiger partial charge in [0, 0.05) is 6.54 Å². The van der Waals surface area contributed by atoms with E-state index in [2.05, 4.69) is 22.0 Å². The van der Waals surface area contributed by atoms with Crippen LogP contribution in [0.25, 0.3) is 0 Å². The zero-order chi connectivity index (χ0) is 13.0. The van der Waals surface area contributed by atoms with Gasteiger partial charge in [0.05, 0.1) is 16.1 Å². The lowest BCUT2D eigenvalue weighted by molar-refractivity contribution is 0.479. The zero-order valence-electron chi connectivity index (χ0n) is 9.56. The first-order chi connectivity index (χ1) is 8.72. The third-order valence-electron chi connectivity index (χ3n) is 2.42. The summed E-state index contributed by atoms with van der Waals surface area (Å²) >= 11 is 3.38. The fourth-order valence-electron chi connectivity index (χ4n) is 1.52. The molecule has 2 rings (SSSR count). The quantitative estimate of drug-likeness (QED) is 0.943. The molecule has 0 aliphatic rings. The second-order valence-electron chi connectivity index (χ2n) is 3.71. The third kappa shape index (κ3) is 2.89. The van der Waals surface area contributed by atoms with Crippen LogP contribution in [0.5, 0.6) is 11.5 Å². The smallest absolute Gasteiger partial charge is 0.141 e. The lowest BCUT2D eigenvalue weighted by Crippen LogP contribution is -1.96. The minimum absolute atomic E-state index is 0.478. The zero-order valence-corrected chi connectivity index (χ0v) is 11.1. The van der Waals surface area contributed by atoms with Crippen LogP contribution in [0.3, 0.4) is 0 Å². The second-order valence-corrected chi connectivity index (χ2v) is 4.56. The first-order valence-electron chi connectivity index (χ1n) is 5.39. The summed E-state index contributed by atoms with van der Waals surface area (Å²) in [6, 6.07) is 14.9. The normalized spacial score (nSPS) is 9.83. The molecule has 0 saturated carbocycles. The molecule has 90 valence electrons. The van der Waals surface area contributed by atoms with E-state index in [0.29, 0.717) is 17.9 Å². The molecule has 2 aromatic carbocycles. The summed E-state index contributed by atoms with van der Waals surface area (Å²) in [5, 5.41) is 8.79. The summed E-state index contributed by atoms with van der Waals surface area (Å²) < 4.78 is 6.49. The summed E-state index contributed by atoms with van der Waals surface area (Å²) in [6.07, 6.45) is 0.